The van der Waals surface area contributed by atoms with Gasteiger partial charge >= 0.3 is 0 Å². The molecule has 0 saturated heterocycles. The van der Waals surface area contributed by atoms with Gasteiger partial charge in [-0.1, -0.05) is 12.1 Å². The fourth-order valence-electron chi connectivity index (χ4n) is 3.81. The Bertz CT molecular complexity index is 1620. The number of fused-ring (bicyclic) bond motifs is 1. The number of benzene rings is 1. The van der Waals surface area contributed by atoms with E-state index in [0.717, 1.165) is 5.56 Å². The fraction of sp³-hybridized carbons (Fsp3) is 0.320. The molecule has 38 heavy (non-hydrogen) atoms. The summed E-state index contributed by atoms with van der Waals surface area (Å²) in [5.74, 6) is -1.37. The topological polar surface area (TPSA) is 186 Å². The molecule has 0 unspecified atom stereocenters. The first-order valence-electron chi connectivity index (χ1n) is 11.7. The van der Waals surface area contributed by atoms with Gasteiger partial charge in [0.05, 0.1) is 17.7 Å². The molecule has 3 aromatic rings. The van der Waals surface area contributed by atoms with Crippen LogP contribution in [0.25, 0.3) is 10.9 Å². The molecule has 0 spiro atoms. The number of nitriles is 1. The number of nitrogens with two attached hydrogens (primary N) is 1. The molecule has 13 heteroatoms. The van der Waals surface area contributed by atoms with E-state index in [1.165, 1.54) is 30.8 Å². The van der Waals surface area contributed by atoms with Gasteiger partial charge in [0.1, 0.15) is 22.4 Å². The van der Waals surface area contributed by atoms with Gasteiger partial charge < -0.3 is 20.4 Å². The Balaban J connectivity index is 1.54. The number of amides is 2. The maximum atomic E-state index is 13.1. The number of ether oxygens (including phenoxy) is 1. The van der Waals surface area contributed by atoms with Gasteiger partial charge in [-0.15, -0.1) is 0 Å². The van der Waals surface area contributed by atoms with Crippen LogP contribution in [0.3, 0.4) is 0 Å². The number of nitrogens with zero attached hydrogens (tertiary/aromatic N) is 3. The van der Waals surface area contributed by atoms with Gasteiger partial charge in [-0.3, -0.25) is 19.1 Å². The van der Waals surface area contributed by atoms with Crippen molar-refractivity contribution < 1.29 is 22.7 Å². The van der Waals surface area contributed by atoms with E-state index in [0.29, 0.717) is 10.9 Å². The fourth-order valence-corrected chi connectivity index (χ4v) is 5.33. The van der Waals surface area contributed by atoms with Crippen molar-refractivity contribution >= 4 is 32.7 Å². The van der Waals surface area contributed by atoms with Crippen LogP contribution < -0.4 is 26.1 Å². The highest BCUT2D eigenvalue weighted by atomic mass is 32.2. The third-order valence-corrected chi connectivity index (χ3v) is 8.51. The molecule has 4 N–H and O–H groups in total. The van der Waals surface area contributed by atoms with E-state index in [9.17, 15) is 22.8 Å². The van der Waals surface area contributed by atoms with Crippen molar-refractivity contribution in [3.8, 4) is 11.9 Å². The molecule has 1 aliphatic rings. The van der Waals surface area contributed by atoms with E-state index >= 15 is 0 Å². The van der Waals surface area contributed by atoms with Crippen LogP contribution in [0.5, 0.6) is 5.88 Å². The van der Waals surface area contributed by atoms with Crippen LogP contribution in [0.1, 0.15) is 41.3 Å². The van der Waals surface area contributed by atoms with Crippen molar-refractivity contribution in [3.05, 3.63) is 69.6 Å². The molecule has 0 bridgehead atoms. The van der Waals surface area contributed by atoms with Crippen LogP contribution in [-0.4, -0.2) is 47.2 Å². The number of nitrogens with one attached hydrogen (secondary N) is 2. The van der Waals surface area contributed by atoms with E-state index in [-0.39, 0.29) is 43.0 Å². The first-order valence-corrected chi connectivity index (χ1v) is 13.2. The molecular formula is C25H26N6O6S. The molecule has 1 aromatic carbocycles. The Labute approximate surface area is 218 Å². The molecule has 2 amide bonds. The molecule has 4 rings (SSSR count). The molecule has 1 aliphatic carbocycles. The normalized spacial score (nSPS) is 14.8. The third-order valence-electron chi connectivity index (χ3n) is 6.37. The molecule has 2 aromatic heterocycles. The van der Waals surface area contributed by atoms with E-state index in [2.05, 4.69) is 10.3 Å². The van der Waals surface area contributed by atoms with Crippen molar-refractivity contribution in [2.24, 2.45) is 12.8 Å². The highest BCUT2D eigenvalue weighted by molar-refractivity contribution is 7.91. The molecule has 1 fully saturated rings. The Morgan fingerprint density at radius 1 is 1.26 bits per heavy atom. The molecular weight excluding hydrogens is 512 g/mol. The Kier molecular flexibility index (Phi) is 7.21. The molecule has 1 saturated carbocycles. The number of pyridine rings is 2. The van der Waals surface area contributed by atoms with Crippen molar-refractivity contribution in [1.82, 2.24) is 19.6 Å². The largest absolute Gasteiger partial charge is 0.474 e. The Morgan fingerprint density at radius 3 is 2.55 bits per heavy atom. The monoisotopic (exact) mass is 538 g/mol. The maximum Gasteiger partial charge on any atom is 0.263 e. The van der Waals surface area contributed by atoms with E-state index < -0.39 is 38.2 Å². The number of hydrogen-bond acceptors (Lipinski definition) is 9. The van der Waals surface area contributed by atoms with Crippen LogP contribution in [0.4, 0.5) is 0 Å². The molecule has 12 nitrogen and oxygen atoms in total. The summed E-state index contributed by atoms with van der Waals surface area (Å²) in [7, 11) is -2.59. The summed E-state index contributed by atoms with van der Waals surface area (Å²) >= 11 is 0. The van der Waals surface area contributed by atoms with E-state index in [4.69, 9.17) is 15.7 Å². The summed E-state index contributed by atoms with van der Waals surface area (Å²) in [5.41, 5.74) is 6.33. The van der Waals surface area contributed by atoms with E-state index in [1.807, 2.05) is 10.8 Å². The molecule has 0 aliphatic heterocycles. The quantitative estimate of drug-likeness (QED) is 0.347. The summed E-state index contributed by atoms with van der Waals surface area (Å²) in [5, 5.41) is 12.1. The number of rotatable bonds is 9. The first-order chi connectivity index (χ1) is 18.0. The van der Waals surface area contributed by atoms with Gasteiger partial charge in [0.25, 0.3) is 11.5 Å². The molecule has 1 atom stereocenters. The van der Waals surface area contributed by atoms with Gasteiger partial charge in [0.15, 0.2) is 0 Å². The summed E-state index contributed by atoms with van der Waals surface area (Å²) in [6.07, 6.45) is 1.98. The second kappa shape index (κ2) is 10.2. The SMILES string of the molecule is C[C@H](N)C(=O)NS(=O)(=O)C1(COc2nccc3cc(C(=O)NCc4ccc(C#N)cc4)c(=O)n(C)c23)CC1. The predicted molar refractivity (Wildman–Crippen MR) is 137 cm³/mol. The molecule has 198 valence electrons. The van der Waals surface area contributed by atoms with Crippen molar-refractivity contribution in [2.45, 2.75) is 37.1 Å². The standard InChI is InChI=1S/C25H26N6O6S/c1-15(27)21(32)30-38(35,36)25(8-9-25)14-37-23-20-18(7-10-28-23)11-19(24(34)31(20)2)22(33)29-13-17-5-3-16(12-26)4-6-17/h3-7,10-11,15H,8-9,13-14,27H2,1-2H3,(H,29,33)(H,30,32)/t15-/m0/s1. The minimum absolute atomic E-state index is 0.0200. The predicted octanol–water partition coefficient (Wildman–Crippen LogP) is 0.440. The van der Waals surface area contributed by atoms with Crippen LogP contribution in [0, 0.1) is 11.3 Å². The second-order valence-corrected chi connectivity index (χ2v) is 11.3. The number of aryl methyl sites for hydroxylation is 1. The van der Waals surface area contributed by atoms with Gasteiger partial charge in [-0.2, -0.15) is 5.26 Å². The average Bonchev–Trinajstić information content (AvgIpc) is 3.70. The van der Waals surface area contributed by atoms with Gasteiger partial charge in [0.2, 0.25) is 21.8 Å². The lowest BCUT2D eigenvalue weighted by Crippen LogP contribution is -2.48. The summed E-state index contributed by atoms with van der Waals surface area (Å²) in [4.78, 5) is 41.9. The van der Waals surface area contributed by atoms with Crippen molar-refractivity contribution in [2.75, 3.05) is 6.61 Å². The number of carbonyl (C=O) groups excluding carboxylic acids is 2. The first kappa shape index (κ1) is 26.8. The average molecular weight is 539 g/mol. The molecule has 2 heterocycles. The number of sulfonamides is 1. The zero-order valence-electron chi connectivity index (χ0n) is 20.7. The van der Waals surface area contributed by atoms with Crippen LogP contribution in [-0.2, 0) is 28.4 Å². The highest BCUT2D eigenvalue weighted by Crippen LogP contribution is 2.43. The summed E-state index contributed by atoms with van der Waals surface area (Å²) < 4.78 is 33.2. The lowest BCUT2D eigenvalue weighted by molar-refractivity contribution is -0.120. The zero-order valence-corrected chi connectivity index (χ0v) is 21.5. The summed E-state index contributed by atoms with van der Waals surface area (Å²) in [6, 6.07) is 10.7. The van der Waals surface area contributed by atoms with Gasteiger partial charge in [-0.05, 0) is 49.6 Å². The van der Waals surface area contributed by atoms with Crippen molar-refractivity contribution in [1.29, 1.82) is 5.26 Å². The van der Waals surface area contributed by atoms with Gasteiger partial charge in [-0.25, -0.2) is 13.4 Å². The zero-order chi connectivity index (χ0) is 27.7. The second-order valence-electron chi connectivity index (χ2n) is 9.20. The Morgan fingerprint density at radius 2 is 1.95 bits per heavy atom. The minimum atomic E-state index is -4.06. The number of aromatic nitrogens is 2. The smallest absolute Gasteiger partial charge is 0.263 e. The van der Waals surface area contributed by atoms with Crippen molar-refractivity contribution in [3.63, 3.8) is 0 Å². The van der Waals surface area contributed by atoms with E-state index in [1.54, 1.807) is 30.3 Å². The summed E-state index contributed by atoms with van der Waals surface area (Å²) in [6.45, 7) is 1.25. The van der Waals surface area contributed by atoms with Crippen LogP contribution in [0.15, 0.2) is 47.4 Å². The lowest BCUT2D eigenvalue weighted by atomic mass is 10.1. The minimum Gasteiger partial charge on any atom is -0.474 e. The lowest BCUT2D eigenvalue weighted by Gasteiger charge is -2.19. The maximum absolute atomic E-state index is 13.1. The number of hydrogen-bond donors (Lipinski definition) is 3. The highest BCUT2D eigenvalue weighted by Gasteiger charge is 2.56. The number of carbonyl (C=O) groups is 2. The van der Waals surface area contributed by atoms with Crippen LogP contribution in [0.2, 0.25) is 0 Å². The Hall–Kier alpha value is -4.28. The third kappa shape index (κ3) is 5.22. The molecule has 0 radical (unpaired) electrons. The van der Waals surface area contributed by atoms with Gasteiger partial charge in [0, 0.05) is 25.2 Å². The van der Waals surface area contributed by atoms with Crippen LogP contribution >= 0.6 is 0 Å².